The zero-order valence-electron chi connectivity index (χ0n) is 8.98. The van der Waals surface area contributed by atoms with Crippen molar-refractivity contribution in [2.45, 2.75) is 38.1 Å². The van der Waals surface area contributed by atoms with Gasteiger partial charge in [0.05, 0.1) is 6.07 Å². The summed E-state index contributed by atoms with van der Waals surface area (Å²) in [6.07, 6.45) is 5.26. The molecule has 2 rings (SSSR count). The molecule has 2 fully saturated rings. The Morgan fingerprint density at radius 1 is 1.13 bits per heavy atom. The van der Waals surface area contributed by atoms with E-state index in [1.807, 2.05) is 4.90 Å². The van der Waals surface area contributed by atoms with Gasteiger partial charge in [-0.05, 0) is 32.1 Å². The predicted molar refractivity (Wildman–Crippen MR) is 56.2 cm³/mol. The molecule has 2 amide bonds. The molecule has 0 bridgehead atoms. The molecule has 4 heteroatoms. The van der Waals surface area contributed by atoms with Crippen molar-refractivity contribution in [3.63, 3.8) is 0 Å². The van der Waals surface area contributed by atoms with Crippen LogP contribution in [0.4, 0.5) is 4.79 Å². The monoisotopic (exact) mass is 207 g/mol. The van der Waals surface area contributed by atoms with Gasteiger partial charge >= 0.3 is 6.03 Å². The van der Waals surface area contributed by atoms with Gasteiger partial charge in [0, 0.05) is 19.6 Å². The van der Waals surface area contributed by atoms with Gasteiger partial charge in [0.25, 0.3) is 0 Å². The number of rotatable bonds is 0. The van der Waals surface area contributed by atoms with Gasteiger partial charge in [0.1, 0.15) is 6.04 Å². The highest BCUT2D eigenvalue weighted by Gasteiger charge is 2.31. The van der Waals surface area contributed by atoms with Crippen molar-refractivity contribution in [1.82, 2.24) is 9.80 Å². The number of carbonyl (C=O) groups is 1. The summed E-state index contributed by atoms with van der Waals surface area (Å²) in [6, 6.07) is 2.11. The van der Waals surface area contributed by atoms with Crippen molar-refractivity contribution in [2.75, 3.05) is 19.6 Å². The minimum Gasteiger partial charge on any atom is -0.325 e. The van der Waals surface area contributed by atoms with Crippen LogP contribution in [0.25, 0.3) is 0 Å². The number of amides is 2. The molecule has 4 nitrogen and oxygen atoms in total. The molecule has 0 N–H and O–H groups in total. The Kier molecular flexibility index (Phi) is 3.10. The van der Waals surface area contributed by atoms with Crippen LogP contribution >= 0.6 is 0 Å². The van der Waals surface area contributed by atoms with Crippen LogP contribution in [0.2, 0.25) is 0 Å². The van der Waals surface area contributed by atoms with Crippen molar-refractivity contribution < 1.29 is 4.79 Å². The van der Waals surface area contributed by atoms with Gasteiger partial charge in [-0.3, -0.25) is 0 Å². The van der Waals surface area contributed by atoms with Gasteiger partial charge in [-0.2, -0.15) is 5.26 Å². The van der Waals surface area contributed by atoms with Crippen LogP contribution in [0.15, 0.2) is 0 Å². The van der Waals surface area contributed by atoms with E-state index in [9.17, 15) is 4.79 Å². The molecule has 0 aromatic carbocycles. The Morgan fingerprint density at radius 2 is 1.87 bits per heavy atom. The minimum absolute atomic E-state index is 0.0822. The Labute approximate surface area is 90.5 Å². The van der Waals surface area contributed by atoms with E-state index in [0.29, 0.717) is 0 Å². The van der Waals surface area contributed by atoms with Crippen LogP contribution in [0.1, 0.15) is 32.1 Å². The molecule has 1 unspecified atom stereocenters. The Morgan fingerprint density at radius 3 is 2.53 bits per heavy atom. The van der Waals surface area contributed by atoms with E-state index in [1.165, 1.54) is 6.42 Å². The lowest BCUT2D eigenvalue weighted by Gasteiger charge is -2.32. The van der Waals surface area contributed by atoms with Gasteiger partial charge in [-0.25, -0.2) is 4.79 Å². The van der Waals surface area contributed by atoms with E-state index in [0.717, 1.165) is 45.3 Å². The van der Waals surface area contributed by atoms with E-state index in [2.05, 4.69) is 6.07 Å². The summed E-state index contributed by atoms with van der Waals surface area (Å²) in [6.45, 7) is 2.49. The number of urea groups is 1. The number of likely N-dealkylation sites (tertiary alicyclic amines) is 2. The van der Waals surface area contributed by atoms with Crippen LogP contribution < -0.4 is 0 Å². The van der Waals surface area contributed by atoms with E-state index < -0.39 is 0 Å². The Bertz CT molecular complexity index is 278. The van der Waals surface area contributed by atoms with Crippen molar-refractivity contribution in [3.8, 4) is 6.07 Å². The smallest absolute Gasteiger partial charge is 0.321 e. The second-order valence-electron chi connectivity index (χ2n) is 4.31. The molecular weight excluding hydrogens is 190 g/mol. The summed E-state index contributed by atoms with van der Waals surface area (Å²) < 4.78 is 0. The third-order valence-electron chi connectivity index (χ3n) is 3.27. The highest BCUT2D eigenvalue weighted by Crippen LogP contribution is 2.20. The highest BCUT2D eigenvalue weighted by molar-refractivity contribution is 5.75. The van der Waals surface area contributed by atoms with Crippen molar-refractivity contribution in [3.05, 3.63) is 0 Å². The lowest BCUT2D eigenvalue weighted by atomic mass is 10.1. The first kappa shape index (κ1) is 10.3. The Hall–Kier alpha value is -1.24. The first-order chi connectivity index (χ1) is 7.33. The molecule has 0 aromatic heterocycles. The summed E-state index contributed by atoms with van der Waals surface area (Å²) in [5, 5.41) is 8.92. The molecule has 2 aliphatic rings. The van der Waals surface area contributed by atoms with Crippen molar-refractivity contribution >= 4 is 6.03 Å². The molecule has 0 spiro atoms. The molecule has 1 atom stereocenters. The molecule has 2 saturated heterocycles. The maximum Gasteiger partial charge on any atom is 0.321 e. The molecule has 15 heavy (non-hydrogen) atoms. The van der Waals surface area contributed by atoms with E-state index >= 15 is 0 Å². The van der Waals surface area contributed by atoms with Gasteiger partial charge < -0.3 is 9.80 Å². The van der Waals surface area contributed by atoms with Gasteiger partial charge in [-0.1, -0.05) is 0 Å². The second kappa shape index (κ2) is 4.52. The summed E-state index contributed by atoms with van der Waals surface area (Å²) in [4.78, 5) is 15.7. The standard InChI is InChI=1S/C11H17N3O/c12-9-10-5-4-8-14(10)11(15)13-6-2-1-3-7-13/h10H,1-8H2. The normalized spacial score (nSPS) is 26.5. The summed E-state index contributed by atoms with van der Waals surface area (Å²) in [5.41, 5.74) is 0. The Balaban J connectivity index is 1.97. The second-order valence-corrected chi connectivity index (χ2v) is 4.31. The van der Waals surface area contributed by atoms with E-state index in [4.69, 9.17) is 5.26 Å². The largest absolute Gasteiger partial charge is 0.325 e. The van der Waals surface area contributed by atoms with Gasteiger partial charge in [-0.15, -0.1) is 0 Å². The summed E-state index contributed by atoms with van der Waals surface area (Å²) in [7, 11) is 0. The molecular formula is C11H17N3O. The maximum atomic E-state index is 12.1. The molecule has 0 aromatic rings. The van der Waals surface area contributed by atoms with Crippen LogP contribution in [-0.4, -0.2) is 41.5 Å². The third-order valence-corrected chi connectivity index (χ3v) is 3.27. The number of hydrogen-bond donors (Lipinski definition) is 0. The number of carbonyl (C=O) groups excluding carboxylic acids is 1. The van der Waals surface area contributed by atoms with E-state index in [1.54, 1.807) is 4.90 Å². The van der Waals surface area contributed by atoms with Crippen LogP contribution in [0.3, 0.4) is 0 Å². The van der Waals surface area contributed by atoms with Gasteiger partial charge in [0.15, 0.2) is 0 Å². The van der Waals surface area contributed by atoms with Crippen LogP contribution in [0, 0.1) is 11.3 Å². The van der Waals surface area contributed by atoms with Crippen LogP contribution in [0.5, 0.6) is 0 Å². The lowest BCUT2D eigenvalue weighted by Crippen LogP contribution is -2.46. The first-order valence-electron chi connectivity index (χ1n) is 5.78. The summed E-state index contributed by atoms with van der Waals surface area (Å²) in [5.74, 6) is 0. The molecule has 0 radical (unpaired) electrons. The topological polar surface area (TPSA) is 47.3 Å². The molecule has 2 aliphatic heterocycles. The van der Waals surface area contributed by atoms with Crippen molar-refractivity contribution in [2.24, 2.45) is 0 Å². The lowest BCUT2D eigenvalue weighted by molar-refractivity contribution is 0.146. The highest BCUT2D eigenvalue weighted by atomic mass is 16.2. The fourth-order valence-corrected chi connectivity index (χ4v) is 2.40. The zero-order chi connectivity index (χ0) is 10.7. The summed E-state index contributed by atoms with van der Waals surface area (Å²) >= 11 is 0. The molecule has 2 heterocycles. The molecule has 82 valence electrons. The average molecular weight is 207 g/mol. The fraction of sp³-hybridized carbons (Fsp3) is 0.818. The SMILES string of the molecule is N#CC1CCCN1C(=O)N1CCCCC1. The number of hydrogen-bond acceptors (Lipinski definition) is 2. The van der Waals surface area contributed by atoms with E-state index in [-0.39, 0.29) is 12.1 Å². The number of nitriles is 1. The average Bonchev–Trinajstić information content (AvgIpc) is 2.77. The number of nitrogens with zero attached hydrogens (tertiary/aromatic N) is 3. The minimum atomic E-state index is -0.181. The predicted octanol–water partition coefficient (Wildman–Crippen LogP) is 1.58. The molecule has 0 aliphatic carbocycles. The zero-order valence-corrected chi connectivity index (χ0v) is 8.98. The third kappa shape index (κ3) is 2.06. The maximum absolute atomic E-state index is 12.1. The van der Waals surface area contributed by atoms with Crippen molar-refractivity contribution in [1.29, 1.82) is 5.26 Å². The fourth-order valence-electron chi connectivity index (χ4n) is 2.40. The van der Waals surface area contributed by atoms with Gasteiger partial charge in [0.2, 0.25) is 0 Å². The van der Waals surface area contributed by atoms with Crippen LogP contribution in [-0.2, 0) is 0 Å². The molecule has 0 saturated carbocycles. The quantitative estimate of drug-likeness (QED) is 0.605. The number of piperidine rings is 1. The first-order valence-corrected chi connectivity index (χ1v) is 5.78.